The van der Waals surface area contributed by atoms with Crippen LogP contribution in [0.5, 0.6) is 5.75 Å². The average molecular weight is 347 g/mol. The van der Waals surface area contributed by atoms with E-state index in [2.05, 4.69) is 37.1 Å². The summed E-state index contributed by atoms with van der Waals surface area (Å²) in [5.74, 6) is 1.26. The second-order valence-corrected chi connectivity index (χ2v) is 7.17. The van der Waals surface area contributed by atoms with E-state index in [9.17, 15) is 4.79 Å². The van der Waals surface area contributed by atoms with Gasteiger partial charge >= 0.3 is 0 Å². The number of piperidine rings is 1. The van der Waals surface area contributed by atoms with Gasteiger partial charge in [-0.2, -0.15) is 0 Å². The molecule has 1 aromatic rings. The van der Waals surface area contributed by atoms with E-state index >= 15 is 0 Å². The number of hydrogen-bond acceptors (Lipinski definition) is 3. The van der Waals surface area contributed by atoms with E-state index in [4.69, 9.17) is 4.74 Å². The van der Waals surface area contributed by atoms with Crippen molar-refractivity contribution in [2.75, 3.05) is 26.2 Å². The Morgan fingerprint density at radius 3 is 2.68 bits per heavy atom. The molecule has 0 aromatic heterocycles. The van der Waals surface area contributed by atoms with Crippen LogP contribution in [0.25, 0.3) is 0 Å². The third kappa shape index (κ3) is 6.35. The molecule has 0 radical (unpaired) electrons. The summed E-state index contributed by atoms with van der Waals surface area (Å²) in [6, 6.07) is 8.33. The Morgan fingerprint density at radius 2 is 2.00 bits per heavy atom. The molecule has 1 unspecified atom stereocenters. The molecular formula is C21H34N2O2. The van der Waals surface area contributed by atoms with Crippen LogP contribution in [0.15, 0.2) is 24.3 Å². The number of amides is 1. The van der Waals surface area contributed by atoms with Gasteiger partial charge in [0.1, 0.15) is 5.75 Å². The summed E-state index contributed by atoms with van der Waals surface area (Å²) in [5.41, 5.74) is 1.18. The number of likely N-dealkylation sites (tertiary alicyclic amines) is 1. The van der Waals surface area contributed by atoms with Gasteiger partial charge in [0.2, 0.25) is 0 Å². The van der Waals surface area contributed by atoms with Crippen molar-refractivity contribution in [2.24, 2.45) is 0 Å². The minimum Gasteiger partial charge on any atom is -0.483 e. The zero-order valence-corrected chi connectivity index (χ0v) is 16.1. The first-order valence-electron chi connectivity index (χ1n) is 9.87. The van der Waals surface area contributed by atoms with Gasteiger partial charge < -0.3 is 15.0 Å². The lowest BCUT2D eigenvalue weighted by molar-refractivity contribution is -0.124. The van der Waals surface area contributed by atoms with Crippen molar-refractivity contribution in [1.29, 1.82) is 0 Å². The number of hydrogen-bond donors (Lipinski definition) is 1. The molecule has 140 valence electrons. The van der Waals surface area contributed by atoms with Gasteiger partial charge in [-0.1, -0.05) is 45.4 Å². The fourth-order valence-electron chi connectivity index (χ4n) is 3.33. The number of nitrogens with one attached hydrogen (secondary N) is 1. The molecule has 1 amide bonds. The number of rotatable bonds is 9. The van der Waals surface area contributed by atoms with E-state index in [0.717, 1.165) is 38.1 Å². The minimum atomic E-state index is -0.00837. The zero-order valence-electron chi connectivity index (χ0n) is 16.1. The van der Waals surface area contributed by atoms with Crippen molar-refractivity contribution in [3.05, 3.63) is 29.8 Å². The lowest BCUT2D eigenvalue weighted by Gasteiger charge is -2.32. The van der Waals surface area contributed by atoms with E-state index in [1.54, 1.807) is 0 Å². The van der Waals surface area contributed by atoms with Gasteiger partial charge in [-0.3, -0.25) is 4.79 Å². The van der Waals surface area contributed by atoms with Gasteiger partial charge in [0, 0.05) is 19.1 Å². The second kappa shape index (κ2) is 10.4. The maximum Gasteiger partial charge on any atom is 0.258 e. The highest BCUT2D eigenvalue weighted by atomic mass is 16.5. The van der Waals surface area contributed by atoms with Crippen molar-refractivity contribution in [2.45, 2.75) is 64.8 Å². The Hall–Kier alpha value is -1.55. The van der Waals surface area contributed by atoms with E-state index in [-0.39, 0.29) is 12.5 Å². The normalized spacial score (nSPS) is 17.2. The predicted molar refractivity (Wildman–Crippen MR) is 103 cm³/mol. The Bertz CT molecular complexity index is 524. The molecule has 1 aliphatic rings. The summed E-state index contributed by atoms with van der Waals surface area (Å²) in [6.07, 6.45) is 5.65. The van der Waals surface area contributed by atoms with Crippen LogP contribution in [0.2, 0.25) is 0 Å². The molecule has 0 aliphatic carbocycles. The predicted octanol–water partition coefficient (Wildman–Crippen LogP) is 3.96. The second-order valence-electron chi connectivity index (χ2n) is 7.17. The maximum absolute atomic E-state index is 12.2. The van der Waals surface area contributed by atoms with Gasteiger partial charge in [-0.15, -0.1) is 0 Å². The first-order valence-corrected chi connectivity index (χ1v) is 9.87. The molecule has 25 heavy (non-hydrogen) atoms. The molecule has 2 rings (SSSR count). The number of carbonyl (C=O) groups excluding carboxylic acids is 1. The molecule has 0 saturated carbocycles. The third-order valence-electron chi connectivity index (χ3n) is 5.20. The maximum atomic E-state index is 12.2. The minimum absolute atomic E-state index is 0.00837. The number of nitrogens with zero attached hydrogens (tertiary/aromatic N) is 1. The van der Waals surface area contributed by atoms with Crippen molar-refractivity contribution >= 4 is 5.91 Å². The molecule has 4 heteroatoms. The molecule has 1 aromatic carbocycles. The van der Waals surface area contributed by atoms with E-state index in [1.807, 2.05) is 18.2 Å². The summed E-state index contributed by atoms with van der Waals surface area (Å²) in [4.78, 5) is 14.7. The summed E-state index contributed by atoms with van der Waals surface area (Å²) in [5, 5.41) is 3.14. The van der Waals surface area contributed by atoms with Crippen molar-refractivity contribution in [3.63, 3.8) is 0 Å². The molecule has 1 heterocycles. The largest absolute Gasteiger partial charge is 0.483 e. The quantitative estimate of drug-likeness (QED) is 0.736. The Labute approximate surface area is 152 Å². The molecule has 4 nitrogen and oxygen atoms in total. The Balaban J connectivity index is 1.75. The van der Waals surface area contributed by atoms with Crippen LogP contribution in [0.3, 0.4) is 0 Å². The van der Waals surface area contributed by atoms with Crippen molar-refractivity contribution in [1.82, 2.24) is 10.2 Å². The number of para-hydroxylation sites is 1. The number of benzene rings is 1. The van der Waals surface area contributed by atoms with Crippen molar-refractivity contribution in [3.8, 4) is 5.75 Å². The standard InChI is InChI=1S/C21H34N2O2/c1-4-6-13-23-14-11-18(12-15-23)22-21(24)16-25-20-10-8-7-9-19(20)17(3)5-2/h7-10,17-18H,4-6,11-16H2,1-3H3,(H,22,24). The average Bonchev–Trinajstić information content (AvgIpc) is 2.65. The van der Waals surface area contributed by atoms with Crippen LogP contribution in [0.1, 0.15) is 64.4 Å². The fraction of sp³-hybridized carbons (Fsp3) is 0.667. The van der Waals surface area contributed by atoms with Crippen LogP contribution in [0.4, 0.5) is 0 Å². The highest BCUT2D eigenvalue weighted by Gasteiger charge is 2.20. The summed E-state index contributed by atoms with van der Waals surface area (Å²) in [7, 11) is 0. The lowest BCUT2D eigenvalue weighted by Crippen LogP contribution is -2.46. The van der Waals surface area contributed by atoms with Crippen molar-refractivity contribution < 1.29 is 9.53 Å². The molecule has 1 fully saturated rings. The molecule has 0 bridgehead atoms. The zero-order chi connectivity index (χ0) is 18.1. The molecular weight excluding hydrogens is 312 g/mol. The van der Waals surface area contributed by atoms with Gasteiger partial charge in [0.25, 0.3) is 5.91 Å². The summed E-state index contributed by atoms with van der Waals surface area (Å²) in [6.45, 7) is 10.0. The Morgan fingerprint density at radius 1 is 1.28 bits per heavy atom. The topological polar surface area (TPSA) is 41.6 Å². The fourth-order valence-corrected chi connectivity index (χ4v) is 3.33. The van der Waals surface area contributed by atoms with Crippen LogP contribution >= 0.6 is 0 Å². The molecule has 1 N–H and O–H groups in total. The van der Waals surface area contributed by atoms with Crippen LogP contribution in [0, 0.1) is 0 Å². The summed E-state index contributed by atoms with van der Waals surface area (Å²) >= 11 is 0. The van der Waals surface area contributed by atoms with Crippen LogP contribution < -0.4 is 10.1 Å². The summed E-state index contributed by atoms with van der Waals surface area (Å²) < 4.78 is 5.82. The number of ether oxygens (including phenoxy) is 1. The van der Waals surface area contributed by atoms with E-state index < -0.39 is 0 Å². The SMILES string of the molecule is CCCCN1CCC(NC(=O)COc2ccccc2C(C)CC)CC1. The third-order valence-corrected chi connectivity index (χ3v) is 5.20. The highest BCUT2D eigenvalue weighted by Crippen LogP contribution is 2.28. The monoisotopic (exact) mass is 346 g/mol. The van der Waals surface area contributed by atoms with Gasteiger partial charge in [0.05, 0.1) is 0 Å². The number of carbonyl (C=O) groups is 1. The smallest absolute Gasteiger partial charge is 0.258 e. The van der Waals surface area contributed by atoms with Gasteiger partial charge in [0.15, 0.2) is 6.61 Å². The van der Waals surface area contributed by atoms with Gasteiger partial charge in [-0.25, -0.2) is 0 Å². The van der Waals surface area contributed by atoms with Gasteiger partial charge in [-0.05, 0) is 49.8 Å². The van der Waals surface area contributed by atoms with E-state index in [1.165, 1.54) is 24.9 Å². The molecule has 1 atom stereocenters. The molecule has 0 spiro atoms. The molecule has 1 saturated heterocycles. The Kier molecular flexibility index (Phi) is 8.26. The first kappa shape index (κ1) is 19.8. The van der Waals surface area contributed by atoms with E-state index in [0.29, 0.717) is 12.0 Å². The first-order chi connectivity index (χ1) is 12.1. The van der Waals surface area contributed by atoms with Crippen LogP contribution in [-0.2, 0) is 4.79 Å². The highest BCUT2D eigenvalue weighted by molar-refractivity contribution is 5.77. The van der Waals surface area contributed by atoms with Crippen LogP contribution in [-0.4, -0.2) is 43.1 Å². The lowest BCUT2D eigenvalue weighted by atomic mass is 9.98. The molecule has 1 aliphatic heterocycles. The number of unbranched alkanes of at least 4 members (excludes halogenated alkanes) is 1.